The number of hydrogen-bond acceptors (Lipinski definition) is 1. The molecule has 1 aromatic carbocycles. The first kappa shape index (κ1) is 11.2. The number of epoxide rings is 1. The van der Waals surface area contributed by atoms with Crippen LogP contribution < -0.4 is 0 Å². The maximum atomic E-state index is 4.71. The van der Waals surface area contributed by atoms with Crippen LogP contribution in [0.3, 0.4) is 0 Å². The third-order valence-corrected chi connectivity index (χ3v) is 1.17. The predicted octanol–water partition coefficient (Wildman–Crippen LogP) is 3.12. The van der Waals surface area contributed by atoms with Crippen molar-refractivity contribution in [3.8, 4) is 0 Å². The van der Waals surface area contributed by atoms with Gasteiger partial charge < -0.3 is 4.74 Å². The molecule has 2 rings (SSSR count). The molecule has 1 aliphatic rings. The van der Waals surface area contributed by atoms with E-state index < -0.39 is 0 Å². The predicted molar refractivity (Wildman–Crippen MR) is 53.2 cm³/mol. The molecular formula is C11H18O. The first-order chi connectivity index (χ1) is 5.89. The summed E-state index contributed by atoms with van der Waals surface area (Å²) in [5, 5.41) is 0. The second-order valence-corrected chi connectivity index (χ2v) is 2.30. The quantitative estimate of drug-likeness (QED) is 0.539. The van der Waals surface area contributed by atoms with E-state index in [-0.39, 0.29) is 0 Å². The van der Waals surface area contributed by atoms with Crippen LogP contribution in [0, 0.1) is 0 Å². The van der Waals surface area contributed by atoms with Gasteiger partial charge in [-0.25, -0.2) is 0 Å². The van der Waals surface area contributed by atoms with Crippen molar-refractivity contribution in [3.05, 3.63) is 36.4 Å². The summed E-state index contributed by atoms with van der Waals surface area (Å²) in [6.07, 6.45) is 0.583. The number of ether oxygens (including phenoxy) is 1. The summed E-state index contributed by atoms with van der Waals surface area (Å²) in [5.74, 6) is 0. The highest BCUT2D eigenvalue weighted by atomic mass is 16.6. The van der Waals surface area contributed by atoms with Gasteiger partial charge >= 0.3 is 0 Å². The maximum Gasteiger partial charge on any atom is 0.0781 e. The molecule has 1 heterocycles. The zero-order valence-corrected chi connectivity index (χ0v) is 8.16. The Morgan fingerprint density at radius 2 is 1.08 bits per heavy atom. The molecular weight excluding hydrogens is 148 g/mol. The minimum absolute atomic E-state index is 0.583. The van der Waals surface area contributed by atoms with E-state index in [4.69, 9.17) is 4.74 Å². The molecule has 0 spiro atoms. The first-order valence-electron chi connectivity index (χ1n) is 4.51. The lowest BCUT2D eigenvalue weighted by atomic mass is 10.4. The van der Waals surface area contributed by atoms with Gasteiger partial charge in [0.05, 0.1) is 12.7 Å². The van der Waals surface area contributed by atoms with Crippen LogP contribution in [0.4, 0.5) is 0 Å². The smallest absolute Gasteiger partial charge is 0.0781 e. The molecule has 1 aliphatic heterocycles. The fourth-order valence-corrected chi connectivity index (χ4v) is 0.481. The molecule has 0 N–H and O–H groups in total. The molecule has 1 aromatic rings. The van der Waals surface area contributed by atoms with Gasteiger partial charge in [0.1, 0.15) is 0 Å². The van der Waals surface area contributed by atoms with Crippen LogP contribution in [0.1, 0.15) is 20.8 Å². The normalized spacial score (nSPS) is 17.8. The molecule has 1 atom stereocenters. The number of hydrogen-bond donors (Lipinski definition) is 0. The lowest BCUT2D eigenvalue weighted by Crippen LogP contribution is -1.60. The molecule has 68 valence electrons. The van der Waals surface area contributed by atoms with E-state index in [1.54, 1.807) is 0 Å². The van der Waals surface area contributed by atoms with E-state index >= 15 is 0 Å². The SMILES string of the molecule is CC.CC1CO1.c1ccccc1. The van der Waals surface area contributed by atoms with Crippen molar-refractivity contribution >= 4 is 0 Å². The zero-order valence-electron chi connectivity index (χ0n) is 8.16. The lowest BCUT2D eigenvalue weighted by Gasteiger charge is -1.69. The van der Waals surface area contributed by atoms with Crippen LogP contribution in [0.2, 0.25) is 0 Å². The molecule has 0 saturated carbocycles. The third-order valence-electron chi connectivity index (χ3n) is 1.17. The van der Waals surface area contributed by atoms with Crippen molar-refractivity contribution in [2.75, 3.05) is 6.61 Å². The highest BCUT2D eigenvalue weighted by molar-refractivity contribution is 4.99. The van der Waals surface area contributed by atoms with E-state index in [1.807, 2.05) is 50.2 Å². The fourth-order valence-electron chi connectivity index (χ4n) is 0.481. The van der Waals surface area contributed by atoms with Crippen LogP contribution >= 0.6 is 0 Å². The highest BCUT2D eigenvalue weighted by Gasteiger charge is 2.13. The number of benzene rings is 1. The molecule has 1 fully saturated rings. The monoisotopic (exact) mass is 166 g/mol. The first-order valence-corrected chi connectivity index (χ1v) is 4.51. The average Bonchev–Trinajstić information content (AvgIpc) is 2.95. The molecule has 0 bridgehead atoms. The average molecular weight is 166 g/mol. The summed E-state index contributed by atoms with van der Waals surface area (Å²) >= 11 is 0. The lowest BCUT2D eigenvalue weighted by molar-refractivity contribution is 0.423. The molecule has 0 amide bonds. The van der Waals surface area contributed by atoms with Crippen molar-refractivity contribution in [2.24, 2.45) is 0 Å². The molecule has 1 nitrogen and oxygen atoms in total. The van der Waals surface area contributed by atoms with E-state index in [0.717, 1.165) is 6.61 Å². The van der Waals surface area contributed by atoms with Gasteiger partial charge in [-0.2, -0.15) is 0 Å². The Balaban J connectivity index is 0.000000176. The standard InChI is InChI=1S/C6H6.C3H6O.C2H6/c1-2-4-6-5-3-1;1-3-2-4-3;1-2/h1-6H;3H,2H2,1H3;1-2H3. The van der Waals surface area contributed by atoms with Gasteiger partial charge in [-0.05, 0) is 6.92 Å². The summed E-state index contributed by atoms with van der Waals surface area (Å²) in [4.78, 5) is 0. The summed E-state index contributed by atoms with van der Waals surface area (Å²) in [5.41, 5.74) is 0. The number of rotatable bonds is 0. The van der Waals surface area contributed by atoms with Gasteiger partial charge in [0.25, 0.3) is 0 Å². The van der Waals surface area contributed by atoms with Gasteiger partial charge in [-0.15, -0.1) is 0 Å². The van der Waals surface area contributed by atoms with Crippen molar-refractivity contribution in [3.63, 3.8) is 0 Å². The van der Waals surface area contributed by atoms with Crippen LogP contribution in [-0.2, 0) is 4.74 Å². The van der Waals surface area contributed by atoms with E-state index in [1.165, 1.54) is 0 Å². The van der Waals surface area contributed by atoms with Crippen LogP contribution in [-0.4, -0.2) is 12.7 Å². The summed E-state index contributed by atoms with van der Waals surface area (Å²) in [6.45, 7) is 7.04. The molecule has 1 heteroatoms. The van der Waals surface area contributed by atoms with Gasteiger partial charge in [0.2, 0.25) is 0 Å². The summed E-state index contributed by atoms with van der Waals surface area (Å²) in [6, 6.07) is 12.0. The minimum atomic E-state index is 0.583. The molecule has 1 saturated heterocycles. The zero-order chi connectivity index (χ0) is 9.23. The third kappa shape index (κ3) is 9.18. The molecule has 0 aromatic heterocycles. The van der Waals surface area contributed by atoms with Crippen LogP contribution in [0.25, 0.3) is 0 Å². The highest BCUT2D eigenvalue weighted by Crippen LogP contribution is 2.04. The molecule has 1 unspecified atom stereocenters. The topological polar surface area (TPSA) is 12.5 Å². The van der Waals surface area contributed by atoms with E-state index in [2.05, 4.69) is 6.92 Å². The second-order valence-electron chi connectivity index (χ2n) is 2.30. The van der Waals surface area contributed by atoms with Gasteiger partial charge in [-0.1, -0.05) is 50.2 Å². The van der Waals surface area contributed by atoms with Crippen molar-refractivity contribution in [1.29, 1.82) is 0 Å². The van der Waals surface area contributed by atoms with Crippen LogP contribution in [0.5, 0.6) is 0 Å². The summed E-state index contributed by atoms with van der Waals surface area (Å²) < 4.78 is 4.71. The van der Waals surface area contributed by atoms with E-state index in [9.17, 15) is 0 Å². The Morgan fingerprint density at radius 1 is 0.917 bits per heavy atom. The van der Waals surface area contributed by atoms with Gasteiger partial charge in [0.15, 0.2) is 0 Å². The van der Waals surface area contributed by atoms with Crippen molar-refractivity contribution < 1.29 is 4.74 Å². The summed E-state index contributed by atoms with van der Waals surface area (Å²) in [7, 11) is 0. The van der Waals surface area contributed by atoms with Crippen molar-refractivity contribution in [2.45, 2.75) is 26.9 Å². The molecule has 12 heavy (non-hydrogen) atoms. The Labute approximate surface area is 75.4 Å². The van der Waals surface area contributed by atoms with Crippen molar-refractivity contribution in [1.82, 2.24) is 0 Å². The molecule has 0 radical (unpaired) electrons. The maximum absolute atomic E-state index is 4.71. The molecule has 0 aliphatic carbocycles. The Kier molecular flexibility index (Phi) is 7.71. The Hall–Kier alpha value is -0.820. The second kappa shape index (κ2) is 8.28. The van der Waals surface area contributed by atoms with E-state index in [0.29, 0.717) is 6.10 Å². The van der Waals surface area contributed by atoms with Gasteiger partial charge in [-0.3, -0.25) is 0 Å². The minimum Gasteiger partial charge on any atom is -0.373 e. The Bertz CT molecular complexity index is 129. The van der Waals surface area contributed by atoms with Crippen LogP contribution in [0.15, 0.2) is 36.4 Å². The largest absolute Gasteiger partial charge is 0.373 e. The Morgan fingerprint density at radius 3 is 1.17 bits per heavy atom. The fraction of sp³-hybridized carbons (Fsp3) is 0.455. The van der Waals surface area contributed by atoms with Gasteiger partial charge in [0, 0.05) is 0 Å².